The lowest BCUT2D eigenvalue weighted by Crippen LogP contribution is -2.11. The number of aliphatic carboxylic acids is 1. The molecule has 0 aromatic rings. The van der Waals surface area contributed by atoms with Gasteiger partial charge >= 0.3 is 5.97 Å². The maximum atomic E-state index is 10.9. The second-order valence-electron chi connectivity index (χ2n) is 4.33. The van der Waals surface area contributed by atoms with E-state index >= 15 is 0 Å². The number of carboxylic acid groups (broad SMARTS) is 1. The molecule has 1 fully saturated rings. The van der Waals surface area contributed by atoms with Crippen molar-refractivity contribution in [1.82, 2.24) is 0 Å². The minimum Gasteiger partial charge on any atom is -0.478 e. The maximum Gasteiger partial charge on any atom is 0.331 e. The van der Waals surface area contributed by atoms with Gasteiger partial charge in [-0.2, -0.15) is 0 Å². The lowest BCUT2D eigenvalue weighted by molar-refractivity contribution is -0.133. The van der Waals surface area contributed by atoms with E-state index in [9.17, 15) is 4.79 Å². The Morgan fingerprint density at radius 1 is 1.58 bits per heavy atom. The van der Waals surface area contributed by atoms with Gasteiger partial charge < -0.3 is 5.11 Å². The zero-order valence-corrected chi connectivity index (χ0v) is 7.50. The summed E-state index contributed by atoms with van der Waals surface area (Å²) in [6.45, 7) is 4.25. The van der Waals surface area contributed by atoms with Crippen molar-refractivity contribution in [2.45, 2.75) is 26.7 Å². The molecule has 0 aliphatic heterocycles. The van der Waals surface area contributed by atoms with E-state index in [-0.39, 0.29) is 5.41 Å². The Labute approximate surface area is 72.3 Å². The molecule has 66 valence electrons. The van der Waals surface area contributed by atoms with Crippen LogP contribution in [0.15, 0.2) is 11.6 Å². The van der Waals surface area contributed by atoms with E-state index in [1.165, 1.54) is 0 Å². The molecule has 2 aliphatic carbocycles. The van der Waals surface area contributed by atoms with Gasteiger partial charge in [-0.1, -0.05) is 19.9 Å². The molecule has 12 heavy (non-hydrogen) atoms. The molecule has 0 aromatic heterocycles. The first kappa shape index (κ1) is 7.84. The Balaban J connectivity index is 2.30. The van der Waals surface area contributed by atoms with E-state index < -0.39 is 5.97 Å². The van der Waals surface area contributed by atoms with Crippen LogP contribution in [0.4, 0.5) is 0 Å². The lowest BCUT2D eigenvalue weighted by atomic mass is 9.94. The summed E-state index contributed by atoms with van der Waals surface area (Å²) >= 11 is 0. The van der Waals surface area contributed by atoms with Crippen LogP contribution in [0.2, 0.25) is 0 Å². The molecule has 1 N–H and O–H groups in total. The van der Waals surface area contributed by atoms with Crippen LogP contribution in [0.1, 0.15) is 26.7 Å². The molecule has 2 heteroatoms. The molecule has 0 aromatic carbocycles. The summed E-state index contributed by atoms with van der Waals surface area (Å²) in [5, 5.41) is 8.96. The molecular weight excluding hydrogens is 152 g/mol. The highest BCUT2D eigenvalue weighted by molar-refractivity contribution is 5.90. The molecule has 0 bridgehead atoms. The molecular formula is C10H14O2. The molecule has 3 atom stereocenters. The third kappa shape index (κ3) is 0.838. The first-order valence-electron chi connectivity index (χ1n) is 4.52. The number of carboxylic acids is 1. The van der Waals surface area contributed by atoms with Crippen molar-refractivity contribution in [1.29, 1.82) is 0 Å². The summed E-state index contributed by atoms with van der Waals surface area (Å²) in [4.78, 5) is 10.9. The molecule has 0 radical (unpaired) electrons. The number of carbonyl (C=O) groups is 1. The Hall–Kier alpha value is -0.790. The summed E-state index contributed by atoms with van der Waals surface area (Å²) in [5.41, 5.74) is 0.758. The highest BCUT2D eigenvalue weighted by Gasteiger charge is 2.58. The predicted molar refractivity (Wildman–Crippen MR) is 45.7 cm³/mol. The highest BCUT2D eigenvalue weighted by atomic mass is 16.4. The van der Waals surface area contributed by atoms with Gasteiger partial charge in [0.2, 0.25) is 0 Å². The van der Waals surface area contributed by atoms with Crippen molar-refractivity contribution in [3.8, 4) is 0 Å². The van der Waals surface area contributed by atoms with Crippen molar-refractivity contribution in [2.75, 3.05) is 0 Å². The minimum atomic E-state index is -0.705. The van der Waals surface area contributed by atoms with E-state index in [0.717, 1.165) is 12.8 Å². The van der Waals surface area contributed by atoms with Crippen molar-refractivity contribution in [3.63, 3.8) is 0 Å². The fourth-order valence-corrected chi connectivity index (χ4v) is 2.63. The maximum absolute atomic E-state index is 10.9. The predicted octanol–water partition coefficient (Wildman–Crippen LogP) is 2.06. The SMILES string of the molecule is CC1C=C(C(=O)O)C2(C1)CC2C. The Bertz CT molecular complexity index is 267. The minimum absolute atomic E-state index is 0.0747. The number of rotatable bonds is 1. The standard InChI is InChI=1S/C10H14O2/c1-6-3-8(9(11)12)10(4-6)5-7(10)2/h3,6-7H,4-5H2,1-2H3,(H,11,12). The molecule has 1 spiro atoms. The largest absolute Gasteiger partial charge is 0.478 e. The van der Waals surface area contributed by atoms with Gasteiger partial charge in [0.25, 0.3) is 0 Å². The van der Waals surface area contributed by atoms with Crippen molar-refractivity contribution >= 4 is 5.97 Å². The molecule has 0 saturated heterocycles. The molecule has 2 aliphatic rings. The molecule has 2 nitrogen and oxygen atoms in total. The fourth-order valence-electron chi connectivity index (χ4n) is 2.63. The van der Waals surface area contributed by atoms with E-state index in [1.54, 1.807) is 0 Å². The number of hydrogen-bond donors (Lipinski definition) is 1. The zero-order valence-electron chi connectivity index (χ0n) is 7.50. The van der Waals surface area contributed by atoms with E-state index in [4.69, 9.17) is 5.11 Å². The normalized spacial score (nSPS) is 44.7. The topological polar surface area (TPSA) is 37.3 Å². The van der Waals surface area contributed by atoms with Crippen LogP contribution in [0.5, 0.6) is 0 Å². The second kappa shape index (κ2) is 2.12. The van der Waals surface area contributed by atoms with Crippen LogP contribution in [-0.2, 0) is 4.79 Å². The summed E-state index contributed by atoms with van der Waals surface area (Å²) in [7, 11) is 0. The number of hydrogen-bond acceptors (Lipinski definition) is 1. The van der Waals surface area contributed by atoms with Crippen LogP contribution in [0.25, 0.3) is 0 Å². The molecule has 0 heterocycles. The Morgan fingerprint density at radius 2 is 2.17 bits per heavy atom. The van der Waals surface area contributed by atoms with Gasteiger partial charge in [0, 0.05) is 11.0 Å². The van der Waals surface area contributed by atoms with Crippen molar-refractivity contribution < 1.29 is 9.90 Å². The van der Waals surface area contributed by atoms with E-state index in [0.29, 0.717) is 17.4 Å². The van der Waals surface area contributed by atoms with Crippen LogP contribution in [-0.4, -0.2) is 11.1 Å². The highest BCUT2D eigenvalue weighted by Crippen LogP contribution is 2.64. The number of allylic oxidation sites excluding steroid dienone is 1. The third-order valence-electron chi connectivity index (χ3n) is 3.36. The van der Waals surface area contributed by atoms with E-state index in [2.05, 4.69) is 13.8 Å². The van der Waals surface area contributed by atoms with Gasteiger partial charge in [-0.25, -0.2) is 4.79 Å². The van der Waals surface area contributed by atoms with Crippen molar-refractivity contribution in [3.05, 3.63) is 11.6 Å². The lowest BCUT2D eigenvalue weighted by Gasteiger charge is -2.10. The van der Waals surface area contributed by atoms with Gasteiger partial charge in [0.1, 0.15) is 0 Å². The van der Waals surface area contributed by atoms with Gasteiger partial charge in [0.05, 0.1) is 0 Å². The van der Waals surface area contributed by atoms with Gasteiger partial charge in [-0.05, 0) is 24.7 Å². The van der Waals surface area contributed by atoms with Gasteiger partial charge in [-0.15, -0.1) is 0 Å². The summed E-state index contributed by atoms with van der Waals surface area (Å²) in [6.07, 6.45) is 4.07. The van der Waals surface area contributed by atoms with Crippen molar-refractivity contribution in [2.24, 2.45) is 17.3 Å². The average Bonchev–Trinajstić information content (AvgIpc) is 2.39. The quantitative estimate of drug-likeness (QED) is 0.647. The monoisotopic (exact) mass is 166 g/mol. The van der Waals surface area contributed by atoms with Crippen LogP contribution >= 0.6 is 0 Å². The second-order valence-corrected chi connectivity index (χ2v) is 4.33. The Kier molecular flexibility index (Phi) is 1.39. The molecule has 0 amide bonds. The van der Waals surface area contributed by atoms with Crippen LogP contribution in [0.3, 0.4) is 0 Å². The van der Waals surface area contributed by atoms with Gasteiger partial charge in [-0.3, -0.25) is 0 Å². The summed E-state index contributed by atoms with van der Waals surface area (Å²) in [5.74, 6) is 0.342. The zero-order chi connectivity index (χ0) is 8.93. The fraction of sp³-hybridized carbons (Fsp3) is 0.700. The third-order valence-corrected chi connectivity index (χ3v) is 3.36. The molecule has 2 rings (SSSR count). The Morgan fingerprint density at radius 3 is 2.50 bits per heavy atom. The summed E-state index contributed by atoms with van der Waals surface area (Å²) < 4.78 is 0. The first-order valence-corrected chi connectivity index (χ1v) is 4.52. The molecule has 3 unspecified atom stereocenters. The van der Waals surface area contributed by atoms with Crippen LogP contribution < -0.4 is 0 Å². The van der Waals surface area contributed by atoms with E-state index in [1.807, 2.05) is 6.08 Å². The average molecular weight is 166 g/mol. The smallest absolute Gasteiger partial charge is 0.331 e. The molecule has 1 saturated carbocycles. The van der Waals surface area contributed by atoms with Crippen LogP contribution in [0, 0.1) is 17.3 Å². The first-order chi connectivity index (χ1) is 5.56. The van der Waals surface area contributed by atoms with Gasteiger partial charge in [0.15, 0.2) is 0 Å². The summed E-state index contributed by atoms with van der Waals surface area (Å²) in [6, 6.07) is 0.